The second-order valence-electron chi connectivity index (χ2n) is 3.07. The topological polar surface area (TPSA) is 16.1 Å². The summed E-state index contributed by atoms with van der Waals surface area (Å²) in [6.07, 6.45) is 1.41. The molecule has 1 aromatic heterocycles. The van der Waals surface area contributed by atoms with Crippen LogP contribution in [-0.4, -0.2) is 24.0 Å². The van der Waals surface area contributed by atoms with Crippen molar-refractivity contribution in [2.75, 3.05) is 17.8 Å². The van der Waals surface area contributed by atoms with Crippen LogP contribution in [0.3, 0.4) is 0 Å². The minimum absolute atomic E-state index is 0.0276. The number of nitrogens with zero attached hydrogens (tertiary/aromatic N) is 2. The van der Waals surface area contributed by atoms with Crippen LogP contribution in [0.25, 0.3) is 0 Å². The second kappa shape index (κ2) is 4.80. The van der Waals surface area contributed by atoms with Gasteiger partial charge in [-0.2, -0.15) is 0 Å². The van der Waals surface area contributed by atoms with Crippen molar-refractivity contribution in [1.29, 1.82) is 0 Å². The van der Waals surface area contributed by atoms with Crippen LogP contribution in [0.5, 0.6) is 0 Å². The van der Waals surface area contributed by atoms with Gasteiger partial charge in [-0.15, -0.1) is 11.6 Å². The molecule has 1 atom stereocenters. The Hall–Kier alpha value is -0.540. The Balaban J connectivity index is 2.95. The van der Waals surface area contributed by atoms with Gasteiger partial charge in [0, 0.05) is 25.2 Å². The Labute approximate surface area is 92.6 Å². The summed E-state index contributed by atoms with van der Waals surface area (Å²) >= 11 is 11.3. The van der Waals surface area contributed by atoms with Crippen LogP contribution in [0.1, 0.15) is 6.92 Å². The van der Waals surface area contributed by atoms with Crippen LogP contribution < -0.4 is 4.90 Å². The molecule has 1 unspecified atom stereocenters. The molecule has 0 aliphatic heterocycles. The van der Waals surface area contributed by atoms with Crippen molar-refractivity contribution in [2.24, 2.45) is 0 Å². The quantitative estimate of drug-likeness (QED) is 0.751. The van der Waals surface area contributed by atoms with E-state index in [0.29, 0.717) is 5.88 Å². The maximum absolute atomic E-state index is 13.4. The van der Waals surface area contributed by atoms with Crippen molar-refractivity contribution >= 4 is 29.0 Å². The lowest BCUT2D eigenvalue weighted by Gasteiger charge is -2.24. The van der Waals surface area contributed by atoms with E-state index >= 15 is 0 Å². The minimum atomic E-state index is -0.433. The number of pyridine rings is 1. The number of anilines is 1. The highest BCUT2D eigenvalue weighted by Crippen LogP contribution is 2.20. The molecule has 1 aromatic rings. The Bertz CT molecular complexity index is 320. The van der Waals surface area contributed by atoms with Crippen LogP contribution in [0.15, 0.2) is 12.3 Å². The first kappa shape index (κ1) is 11.5. The van der Waals surface area contributed by atoms with Gasteiger partial charge in [-0.25, -0.2) is 9.37 Å². The van der Waals surface area contributed by atoms with Crippen LogP contribution in [-0.2, 0) is 0 Å². The number of alkyl halides is 1. The first-order valence-corrected chi connectivity index (χ1v) is 5.07. The Morgan fingerprint density at radius 3 is 2.79 bits per heavy atom. The maximum atomic E-state index is 13.4. The number of rotatable bonds is 3. The molecule has 0 saturated heterocycles. The fraction of sp³-hybridized carbons (Fsp3) is 0.444. The number of hydrogen-bond acceptors (Lipinski definition) is 2. The summed E-state index contributed by atoms with van der Waals surface area (Å²) in [4.78, 5) is 5.59. The van der Waals surface area contributed by atoms with Crippen LogP contribution in [0.2, 0.25) is 5.02 Å². The molecule has 14 heavy (non-hydrogen) atoms. The Morgan fingerprint density at radius 2 is 2.29 bits per heavy atom. The van der Waals surface area contributed by atoms with E-state index in [1.165, 1.54) is 12.3 Å². The van der Waals surface area contributed by atoms with Crippen molar-refractivity contribution in [3.05, 3.63) is 23.1 Å². The molecule has 78 valence electrons. The molecule has 0 aliphatic carbocycles. The summed E-state index contributed by atoms with van der Waals surface area (Å²) in [6, 6.07) is 1.27. The third-order valence-corrected chi connectivity index (χ3v) is 2.66. The Morgan fingerprint density at radius 1 is 1.64 bits per heavy atom. The lowest BCUT2D eigenvalue weighted by Crippen LogP contribution is -2.31. The van der Waals surface area contributed by atoms with Crippen molar-refractivity contribution < 1.29 is 4.39 Å². The van der Waals surface area contributed by atoms with Crippen LogP contribution in [0.4, 0.5) is 10.2 Å². The summed E-state index contributed by atoms with van der Waals surface area (Å²) in [5.41, 5.74) is 0. The molecule has 0 spiro atoms. The van der Waals surface area contributed by atoms with E-state index in [9.17, 15) is 4.39 Å². The van der Waals surface area contributed by atoms with E-state index in [1.54, 1.807) is 11.9 Å². The third-order valence-electron chi connectivity index (χ3n) is 2.01. The van der Waals surface area contributed by atoms with E-state index in [4.69, 9.17) is 23.2 Å². The second-order valence-corrected chi connectivity index (χ2v) is 3.82. The summed E-state index contributed by atoms with van der Waals surface area (Å²) < 4.78 is 13.4. The fourth-order valence-corrected chi connectivity index (χ4v) is 1.33. The summed E-state index contributed by atoms with van der Waals surface area (Å²) in [7, 11) is 1.74. The van der Waals surface area contributed by atoms with Crippen LogP contribution in [0, 0.1) is 5.82 Å². The van der Waals surface area contributed by atoms with E-state index < -0.39 is 5.82 Å². The molecule has 2 nitrogen and oxygen atoms in total. The molecule has 0 amide bonds. The highest BCUT2D eigenvalue weighted by Gasteiger charge is 2.14. The first-order chi connectivity index (χ1) is 6.56. The summed E-state index contributed by atoms with van der Waals surface area (Å²) in [5.74, 6) is 0.250. The average Bonchev–Trinajstić information content (AvgIpc) is 2.15. The van der Waals surface area contributed by atoms with Gasteiger partial charge in [0.05, 0.1) is 5.02 Å². The third kappa shape index (κ3) is 2.49. The molecule has 0 aromatic carbocycles. The van der Waals surface area contributed by atoms with Crippen LogP contribution >= 0.6 is 23.2 Å². The van der Waals surface area contributed by atoms with Crippen molar-refractivity contribution in [1.82, 2.24) is 4.98 Å². The van der Waals surface area contributed by atoms with Gasteiger partial charge in [0.1, 0.15) is 0 Å². The fourth-order valence-electron chi connectivity index (χ4n) is 0.979. The van der Waals surface area contributed by atoms with Gasteiger partial charge in [-0.05, 0) is 13.0 Å². The van der Waals surface area contributed by atoms with E-state index in [2.05, 4.69) is 4.98 Å². The Kier molecular flexibility index (Phi) is 3.96. The zero-order chi connectivity index (χ0) is 10.7. The molecule has 0 fully saturated rings. The van der Waals surface area contributed by atoms with Crippen molar-refractivity contribution in [2.45, 2.75) is 13.0 Å². The number of hydrogen-bond donors (Lipinski definition) is 0. The predicted molar refractivity (Wildman–Crippen MR) is 57.8 cm³/mol. The van der Waals surface area contributed by atoms with Gasteiger partial charge >= 0.3 is 0 Å². The zero-order valence-corrected chi connectivity index (χ0v) is 9.48. The zero-order valence-electron chi connectivity index (χ0n) is 7.97. The predicted octanol–water partition coefficient (Wildman–Crippen LogP) is 2.94. The smallest absolute Gasteiger partial charge is 0.167 e. The highest BCUT2D eigenvalue weighted by molar-refractivity contribution is 6.30. The normalized spacial score (nSPS) is 12.6. The lowest BCUT2D eigenvalue weighted by atomic mass is 10.3. The van der Waals surface area contributed by atoms with Crippen molar-refractivity contribution in [3.63, 3.8) is 0 Å². The van der Waals surface area contributed by atoms with Gasteiger partial charge in [0.15, 0.2) is 11.6 Å². The van der Waals surface area contributed by atoms with Crippen molar-refractivity contribution in [3.8, 4) is 0 Å². The van der Waals surface area contributed by atoms with Gasteiger partial charge in [-0.3, -0.25) is 0 Å². The SMILES string of the molecule is CC(CCl)N(C)c1ncc(Cl)cc1F. The highest BCUT2D eigenvalue weighted by atomic mass is 35.5. The summed E-state index contributed by atoms with van der Waals surface area (Å²) in [5, 5.41) is 0.290. The molecule has 0 aliphatic rings. The average molecular weight is 237 g/mol. The minimum Gasteiger partial charge on any atom is -0.353 e. The molecule has 0 bridgehead atoms. The molecule has 1 heterocycles. The van der Waals surface area contributed by atoms with Gasteiger partial charge in [0.25, 0.3) is 0 Å². The molecule has 0 radical (unpaired) electrons. The van der Waals surface area contributed by atoms with Gasteiger partial charge in [-0.1, -0.05) is 11.6 Å². The number of halogens is 3. The standard InChI is InChI=1S/C9H11Cl2FN2/c1-6(4-10)14(2)9-8(12)3-7(11)5-13-9/h3,5-6H,4H2,1-2H3. The van der Waals surface area contributed by atoms with E-state index in [1.807, 2.05) is 6.92 Å². The monoisotopic (exact) mass is 236 g/mol. The molecule has 1 rings (SSSR count). The molecule has 0 saturated carbocycles. The van der Waals surface area contributed by atoms with E-state index in [-0.39, 0.29) is 16.9 Å². The first-order valence-electron chi connectivity index (χ1n) is 4.16. The molecule has 5 heteroatoms. The molecular formula is C9H11Cl2FN2. The summed E-state index contributed by atoms with van der Waals surface area (Å²) in [6.45, 7) is 1.89. The lowest BCUT2D eigenvalue weighted by molar-refractivity contribution is 0.606. The van der Waals surface area contributed by atoms with Gasteiger partial charge < -0.3 is 4.90 Å². The largest absolute Gasteiger partial charge is 0.353 e. The number of aromatic nitrogens is 1. The van der Waals surface area contributed by atoms with E-state index in [0.717, 1.165) is 0 Å². The maximum Gasteiger partial charge on any atom is 0.167 e. The van der Waals surface area contributed by atoms with Gasteiger partial charge in [0.2, 0.25) is 0 Å². The molecule has 0 N–H and O–H groups in total. The molecular weight excluding hydrogens is 226 g/mol.